The van der Waals surface area contributed by atoms with Gasteiger partial charge in [-0.2, -0.15) is 0 Å². The molecule has 86 valence electrons. The van der Waals surface area contributed by atoms with Crippen LogP contribution >= 0.6 is 0 Å². The first-order chi connectivity index (χ1) is 7.13. The van der Waals surface area contributed by atoms with Crippen molar-refractivity contribution in [3.05, 3.63) is 11.8 Å². The average molecular weight is 211 g/mol. The van der Waals surface area contributed by atoms with E-state index >= 15 is 0 Å². The molecular weight excluding hydrogens is 190 g/mol. The number of H-pyrrole nitrogens is 1. The van der Waals surface area contributed by atoms with Gasteiger partial charge in [-0.05, 0) is 19.4 Å². The molecule has 1 unspecified atom stereocenters. The number of rotatable bonds is 6. The average Bonchev–Trinajstić information content (AvgIpc) is 2.58. The predicted molar refractivity (Wildman–Crippen MR) is 61.1 cm³/mol. The van der Waals surface area contributed by atoms with E-state index in [1.54, 1.807) is 0 Å². The molecule has 0 saturated carbocycles. The van der Waals surface area contributed by atoms with Crippen molar-refractivity contribution in [2.45, 2.75) is 33.8 Å². The molecule has 1 heterocycles. The van der Waals surface area contributed by atoms with Gasteiger partial charge in [0.05, 0.1) is 0 Å². The van der Waals surface area contributed by atoms with Crippen LogP contribution in [0.1, 0.15) is 26.5 Å². The van der Waals surface area contributed by atoms with Crippen LogP contribution in [0.2, 0.25) is 0 Å². The number of aromatic amines is 1. The molecule has 1 aromatic rings. The van der Waals surface area contributed by atoms with E-state index in [-0.39, 0.29) is 6.10 Å². The SMILES string of the molecule is CCNCC(Oc1cc(C)[nH]n1)C(C)C. The molecule has 0 bridgehead atoms. The third-order valence-electron chi connectivity index (χ3n) is 2.29. The lowest BCUT2D eigenvalue weighted by atomic mass is 10.1. The van der Waals surface area contributed by atoms with Crippen LogP contribution < -0.4 is 10.1 Å². The summed E-state index contributed by atoms with van der Waals surface area (Å²) in [5.74, 6) is 1.16. The third-order valence-corrected chi connectivity index (χ3v) is 2.29. The Morgan fingerprint density at radius 2 is 2.27 bits per heavy atom. The van der Waals surface area contributed by atoms with Gasteiger partial charge in [-0.1, -0.05) is 20.8 Å². The molecule has 1 atom stereocenters. The lowest BCUT2D eigenvalue weighted by Gasteiger charge is -2.21. The van der Waals surface area contributed by atoms with Gasteiger partial charge in [0.25, 0.3) is 0 Å². The van der Waals surface area contributed by atoms with E-state index in [4.69, 9.17) is 4.74 Å². The minimum Gasteiger partial charge on any atom is -0.472 e. The summed E-state index contributed by atoms with van der Waals surface area (Å²) >= 11 is 0. The number of aryl methyl sites for hydroxylation is 1. The molecule has 0 aromatic carbocycles. The van der Waals surface area contributed by atoms with Crippen molar-refractivity contribution in [2.24, 2.45) is 5.92 Å². The Labute approximate surface area is 91.4 Å². The van der Waals surface area contributed by atoms with E-state index < -0.39 is 0 Å². The Morgan fingerprint density at radius 1 is 1.53 bits per heavy atom. The number of hydrogen-bond acceptors (Lipinski definition) is 3. The summed E-state index contributed by atoms with van der Waals surface area (Å²) in [6.07, 6.45) is 0.174. The monoisotopic (exact) mass is 211 g/mol. The zero-order chi connectivity index (χ0) is 11.3. The first-order valence-electron chi connectivity index (χ1n) is 5.52. The summed E-state index contributed by atoms with van der Waals surface area (Å²) in [5, 5.41) is 10.2. The van der Waals surface area contributed by atoms with Crippen LogP contribution in [0.5, 0.6) is 5.88 Å². The van der Waals surface area contributed by atoms with Crippen molar-refractivity contribution in [3.8, 4) is 5.88 Å². The lowest BCUT2D eigenvalue weighted by Crippen LogP contribution is -2.35. The standard InChI is InChI=1S/C11H21N3O/c1-5-12-7-10(8(2)3)15-11-6-9(4)13-14-11/h6,8,10,12H,5,7H2,1-4H3,(H,13,14). The van der Waals surface area contributed by atoms with E-state index in [0.717, 1.165) is 18.8 Å². The second-order valence-corrected chi connectivity index (χ2v) is 4.10. The molecule has 0 saturated heterocycles. The van der Waals surface area contributed by atoms with Gasteiger partial charge in [0.15, 0.2) is 0 Å². The molecule has 0 radical (unpaired) electrons. The highest BCUT2D eigenvalue weighted by atomic mass is 16.5. The summed E-state index contributed by atoms with van der Waals surface area (Å²) in [5.41, 5.74) is 1.02. The van der Waals surface area contributed by atoms with Crippen molar-refractivity contribution in [1.82, 2.24) is 15.5 Å². The van der Waals surface area contributed by atoms with Gasteiger partial charge in [-0.3, -0.25) is 5.10 Å². The number of likely N-dealkylation sites (N-methyl/N-ethyl adjacent to an activating group) is 1. The van der Waals surface area contributed by atoms with Crippen LogP contribution in [0, 0.1) is 12.8 Å². The van der Waals surface area contributed by atoms with Crippen molar-refractivity contribution >= 4 is 0 Å². The van der Waals surface area contributed by atoms with Crippen molar-refractivity contribution in [1.29, 1.82) is 0 Å². The Bertz CT molecular complexity index is 283. The largest absolute Gasteiger partial charge is 0.472 e. The van der Waals surface area contributed by atoms with Crippen LogP contribution in [0.3, 0.4) is 0 Å². The van der Waals surface area contributed by atoms with E-state index in [1.165, 1.54) is 0 Å². The van der Waals surface area contributed by atoms with E-state index in [2.05, 4.69) is 36.3 Å². The minimum absolute atomic E-state index is 0.174. The maximum Gasteiger partial charge on any atom is 0.233 e. The lowest BCUT2D eigenvalue weighted by molar-refractivity contribution is 0.143. The molecule has 2 N–H and O–H groups in total. The smallest absolute Gasteiger partial charge is 0.233 e. The highest BCUT2D eigenvalue weighted by Crippen LogP contribution is 2.13. The highest BCUT2D eigenvalue weighted by molar-refractivity contribution is 5.12. The highest BCUT2D eigenvalue weighted by Gasteiger charge is 2.15. The maximum atomic E-state index is 5.79. The van der Waals surface area contributed by atoms with Crippen LogP contribution in [0.25, 0.3) is 0 Å². The van der Waals surface area contributed by atoms with Gasteiger partial charge >= 0.3 is 0 Å². The molecule has 4 nitrogen and oxygen atoms in total. The number of aromatic nitrogens is 2. The van der Waals surface area contributed by atoms with Crippen molar-refractivity contribution in [2.75, 3.05) is 13.1 Å². The predicted octanol–water partition coefficient (Wildman–Crippen LogP) is 1.73. The van der Waals surface area contributed by atoms with Gasteiger partial charge in [0, 0.05) is 18.3 Å². The van der Waals surface area contributed by atoms with E-state index in [0.29, 0.717) is 11.8 Å². The molecule has 0 aliphatic rings. The Kier molecular flexibility index (Phi) is 4.62. The molecule has 1 aromatic heterocycles. The second kappa shape index (κ2) is 5.75. The number of nitrogens with one attached hydrogen (secondary N) is 2. The molecule has 1 rings (SSSR count). The normalized spacial score (nSPS) is 13.1. The summed E-state index contributed by atoms with van der Waals surface area (Å²) < 4.78 is 5.79. The second-order valence-electron chi connectivity index (χ2n) is 4.10. The molecule has 0 fully saturated rings. The molecule has 0 spiro atoms. The number of nitrogens with zero attached hydrogens (tertiary/aromatic N) is 1. The van der Waals surface area contributed by atoms with Gasteiger partial charge < -0.3 is 10.1 Å². The number of hydrogen-bond donors (Lipinski definition) is 2. The number of ether oxygens (including phenoxy) is 1. The molecule has 4 heteroatoms. The Balaban J connectivity index is 2.50. The molecule has 0 aliphatic carbocycles. The Morgan fingerprint density at radius 3 is 2.73 bits per heavy atom. The van der Waals surface area contributed by atoms with Crippen LogP contribution in [0.4, 0.5) is 0 Å². The molecule has 0 aliphatic heterocycles. The van der Waals surface area contributed by atoms with Crippen LogP contribution in [0.15, 0.2) is 6.07 Å². The summed E-state index contributed by atoms with van der Waals surface area (Å²) in [7, 11) is 0. The third kappa shape index (κ3) is 3.91. The quantitative estimate of drug-likeness (QED) is 0.753. The van der Waals surface area contributed by atoms with Gasteiger partial charge in [-0.25, -0.2) is 0 Å². The van der Waals surface area contributed by atoms with Crippen molar-refractivity contribution in [3.63, 3.8) is 0 Å². The van der Waals surface area contributed by atoms with Gasteiger partial charge in [0.2, 0.25) is 5.88 Å². The van der Waals surface area contributed by atoms with E-state index in [1.807, 2.05) is 13.0 Å². The fraction of sp³-hybridized carbons (Fsp3) is 0.727. The molecule has 0 amide bonds. The van der Waals surface area contributed by atoms with Crippen molar-refractivity contribution < 1.29 is 4.74 Å². The fourth-order valence-electron chi connectivity index (χ4n) is 1.31. The maximum absolute atomic E-state index is 5.79. The minimum atomic E-state index is 0.174. The van der Waals surface area contributed by atoms with E-state index in [9.17, 15) is 0 Å². The first kappa shape index (κ1) is 12.0. The zero-order valence-electron chi connectivity index (χ0n) is 10.0. The fourth-order valence-corrected chi connectivity index (χ4v) is 1.31. The Hall–Kier alpha value is -1.03. The first-order valence-corrected chi connectivity index (χ1v) is 5.52. The summed E-state index contributed by atoms with van der Waals surface area (Å²) in [6, 6.07) is 1.92. The zero-order valence-corrected chi connectivity index (χ0v) is 10.0. The topological polar surface area (TPSA) is 49.9 Å². The molecular formula is C11H21N3O. The van der Waals surface area contributed by atoms with Crippen LogP contribution in [-0.4, -0.2) is 29.4 Å². The summed E-state index contributed by atoms with van der Waals surface area (Å²) in [4.78, 5) is 0. The van der Waals surface area contributed by atoms with Gasteiger partial charge in [-0.15, -0.1) is 5.10 Å². The summed E-state index contributed by atoms with van der Waals surface area (Å²) in [6.45, 7) is 10.2. The van der Waals surface area contributed by atoms with Gasteiger partial charge in [0.1, 0.15) is 6.10 Å². The molecule has 15 heavy (non-hydrogen) atoms. The van der Waals surface area contributed by atoms with Crippen LogP contribution in [-0.2, 0) is 0 Å².